The molecule has 30 heavy (non-hydrogen) atoms. The van der Waals surface area contributed by atoms with Crippen molar-refractivity contribution in [1.82, 2.24) is 5.16 Å². The zero-order valence-corrected chi connectivity index (χ0v) is 17.1. The van der Waals surface area contributed by atoms with Crippen molar-refractivity contribution < 1.29 is 28.4 Å². The van der Waals surface area contributed by atoms with E-state index in [1.165, 1.54) is 18.3 Å². The molecule has 9 nitrogen and oxygen atoms in total. The van der Waals surface area contributed by atoms with Crippen LogP contribution in [0.4, 0.5) is 10.9 Å². The minimum absolute atomic E-state index is 0.0301. The van der Waals surface area contributed by atoms with Crippen LogP contribution in [0.2, 0.25) is 0 Å². The molecular weight excluding hydrogens is 410 g/mol. The molecule has 0 unspecified atom stereocenters. The van der Waals surface area contributed by atoms with Crippen molar-refractivity contribution in [2.45, 2.75) is 13.8 Å². The molecule has 0 radical (unpaired) electrons. The number of benzene rings is 1. The number of ether oxygens (including phenoxy) is 2. The molecule has 0 aliphatic heterocycles. The predicted octanol–water partition coefficient (Wildman–Crippen LogP) is 3.27. The Labute approximate surface area is 175 Å². The second-order valence-electron chi connectivity index (χ2n) is 6.07. The van der Waals surface area contributed by atoms with E-state index in [1.807, 2.05) is 30.3 Å². The fourth-order valence-corrected chi connectivity index (χ4v) is 3.66. The Kier molecular flexibility index (Phi) is 6.48. The zero-order chi connectivity index (χ0) is 21.7. The van der Waals surface area contributed by atoms with Crippen molar-refractivity contribution >= 4 is 40.1 Å². The fraction of sp³-hybridized carbons (Fsp3) is 0.200. The van der Waals surface area contributed by atoms with E-state index in [1.54, 1.807) is 13.0 Å². The monoisotopic (exact) mass is 429 g/mol. The summed E-state index contributed by atoms with van der Waals surface area (Å²) in [6.45, 7) is 2.83. The largest absolute Gasteiger partial charge is 0.462 e. The van der Waals surface area contributed by atoms with E-state index >= 15 is 0 Å². The van der Waals surface area contributed by atoms with Crippen LogP contribution in [-0.2, 0) is 14.3 Å². The average Bonchev–Trinajstić information content (AvgIpc) is 3.30. The van der Waals surface area contributed by atoms with Crippen LogP contribution in [0.3, 0.4) is 0 Å². The van der Waals surface area contributed by atoms with Gasteiger partial charge in [0.1, 0.15) is 10.6 Å². The quantitative estimate of drug-likeness (QED) is 0.547. The summed E-state index contributed by atoms with van der Waals surface area (Å²) < 4.78 is 14.8. The van der Waals surface area contributed by atoms with Crippen LogP contribution in [-0.4, -0.2) is 36.2 Å². The van der Waals surface area contributed by atoms with Crippen LogP contribution in [0, 0.1) is 6.92 Å². The molecular formula is C20H19N3O6S. The molecule has 2 aromatic heterocycles. The summed E-state index contributed by atoms with van der Waals surface area (Å²) in [6, 6.07) is 11.1. The summed E-state index contributed by atoms with van der Waals surface area (Å²) in [4.78, 5) is 37.5. The Morgan fingerprint density at radius 3 is 2.53 bits per heavy atom. The van der Waals surface area contributed by atoms with Gasteiger partial charge in [-0.25, -0.2) is 9.59 Å². The first-order chi connectivity index (χ1) is 14.4. The van der Waals surface area contributed by atoms with Crippen LogP contribution in [0.1, 0.15) is 33.3 Å². The molecule has 0 spiro atoms. The summed E-state index contributed by atoms with van der Waals surface area (Å²) in [7, 11) is 0. The average molecular weight is 429 g/mol. The standard InChI is InChI=1S/C20H19N3O6S/c1-3-27-19(25)13-9-14(12-7-5-4-6-8-12)30-18(13)22-15(24)10-28-20(26)16-11(2)23-29-17(16)21/h4-9H,3,10,21H2,1-2H3,(H,22,24). The molecule has 3 N–H and O–H groups in total. The highest BCUT2D eigenvalue weighted by atomic mass is 32.1. The number of rotatable bonds is 7. The highest BCUT2D eigenvalue weighted by Crippen LogP contribution is 2.36. The molecule has 1 aromatic carbocycles. The Balaban J connectivity index is 1.74. The van der Waals surface area contributed by atoms with Crippen molar-refractivity contribution in [3.63, 3.8) is 0 Å². The summed E-state index contributed by atoms with van der Waals surface area (Å²) in [5.74, 6) is -2.20. The highest BCUT2D eigenvalue weighted by molar-refractivity contribution is 7.20. The van der Waals surface area contributed by atoms with Gasteiger partial charge in [-0.2, -0.15) is 0 Å². The number of nitrogen functional groups attached to an aromatic ring is 1. The van der Waals surface area contributed by atoms with Crippen molar-refractivity contribution in [2.75, 3.05) is 24.3 Å². The van der Waals surface area contributed by atoms with Crippen LogP contribution in [0.5, 0.6) is 0 Å². The van der Waals surface area contributed by atoms with E-state index in [0.29, 0.717) is 5.00 Å². The van der Waals surface area contributed by atoms with E-state index in [9.17, 15) is 14.4 Å². The molecule has 10 heteroatoms. The van der Waals surface area contributed by atoms with Gasteiger partial charge < -0.3 is 25.0 Å². The van der Waals surface area contributed by atoms with Gasteiger partial charge in [-0.3, -0.25) is 4.79 Å². The van der Waals surface area contributed by atoms with Gasteiger partial charge in [0.25, 0.3) is 5.91 Å². The van der Waals surface area contributed by atoms with Gasteiger partial charge in [0.2, 0.25) is 5.88 Å². The van der Waals surface area contributed by atoms with Gasteiger partial charge in [0, 0.05) is 4.88 Å². The number of thiophene rings is 1. The number of carbonyl (C=O) groups is 3. The lowest BCUT2D eigenvalue weighted by Gasteiger charge is -2.07. The Morgan fingerprint density at radius 2 is 1.90 bits per heavy atom. The first kappa shape index (κ1) is 21.1. The summed E-state index contributed by atoms with van der Waals surface area (Å²) in [5.41, 5.74) is 6.87. The predicted molar refractivity (Wildman–Crippen MR) is 110 cm³/mol. The van der Waals surface area contributed by atoms with E-state index < -0.39 is 24.5 Å². The molecule has 0 fully saturated rings. The lowest BCUT2D eigenvalue weighted by Crippen LogP contribution is -2.22. The van der Waals surface area contributed by atoms with Crippen LogP contribution in [0.25, 0.3) is 10.4 Å². The first-order valence-electron chi connectivity index (χ1n) is 8.95. The molecule has 3 aromatic rings. The number of aromatic nitrogens is 1. The first-order valence-corrected chi connectivity index (χ1v) is 9.77. The van der Waals surface area contributed by atoms with E-state index in [0.717, 1.165) is 10.4 Å². The summed E-state index contributed by atoms with van der Waals surface area (Å²) >= 11 is 1.21. The molecule has 0 saturated heterocycles. The molecule has 3 rings (SSSR count). The topological polar surface area (TPSA) is 134 Å². The van der Waals surface area contributed by atoms with Crippen molar-refractivity contribution in [3.05, 3.63) is 53.2 Å². The number of hydrogen-bond donors (Lipinski definition) is 2. The maximum atomic E-state index is 12.3. The number of hydrogen-bond acceptors (Lipinski definition) is 9. The normalized spacial score (nSPS) is 10.5. The molecule has 2 heterocycles. The van der Waals surface area contributed by atoms with E-state index in [4.69, 9.17) is 19.7 Å². The minimum Gasteiger partial charge on any atom is -0.462 e. The van der Waals surface area contributed by atoms with Gasteiger partial charge in [0.05, 0.1) is 17.9 Å². The molecule has 1 amide bonds. The Hall–Kier alpha value is -3.66. The number of nitrogens with two attached hydrogens (primary N) is 1. The Morgan fingerprint density at radius 1 is 1.17 bits per heavy atom. The highest BCUT2D eigenvalue weighted by Gasteiger charge is 2.23. The van der Waals surface area contributed by atoms with Gasteiger partial charge >= 0.3 is 11.9 Å². The second kappa shape index (κ2) is 9.23. The molecule has 0 saturated carbocycles. The minimum atomic E-state index is -0.830. The lowest BCUT2D eigenvalue weighted by molar-refractivity contribution is -0.119. The fourth-order valence-electron chi connectivity index (χ4n) is 2.59. The molecule has 0 aliphatic rings. The number of esters is 2. The van der Waals surface area contributed by atoms with E-state index in [-0.39, 0.29) is 29.3 Å². The van der Waals surface area contributed by atoms with Crippen molar-refractivity contribution in [1.29, 1.82) is 0 Å². The summed E-state index contributed by atoms with van der Waals surface area (Å²) in [6.07, 6.45) is 0. The molecule has 0 atom stereocenters. The number of nitrogens with one attached hydrogen (secondary N) is 1. The van der Waals surface area contributed by atoms with E-state index in [2.05, 4.69) is 10.5 Å². The zero-order valence-electron chi connectivity index (χ0n) is 16.3. The number of aryl methyl sites for hydroxylation is 1. The third-order valence-corrected chi connectivity index (χ3v) is 5.07. The molecule has 156 valence electrons. The molecule has 0 aliphatic carbocycles. The molecule has 0 bridgehead atoms. The number of carbonyl (C=O) groups excluding carboxylic acids is 3. The van der Waals surface area contributed by atoms with Gasteiger partial charge in [-0.05, 0) is 25.5 Å². The SMILES string of the molecule is CCOC(=O)c1cc(-c2ccccc2)sc1NC(=O)COC(=O)c1c(C)noc1N. The third-order valence-electron chi connectivity index (χ3n) is 3.97. The smallest absolute Gasteiger partial charge is 0.346 e. The number of anilines is 2. The second-order valence-corrected chi connectivity index (χ2v) is 7.12. The number of nitrogens with zero attached hydrogens (tertiary/aromatic N) is 1. The van der Waals surface area contributed by atoms with Crippen LogP contribution >= 0.6 is 11.3 Å². The van der Waals surface area contributed by atoms with Crippen molar-refractivity contribution in [3.8, 4) is 10.4 Å². The maximum Gasteiger partial charge on any atom is 0.346 e. The third kappa shape index (κ3) is 4.66. The lowest BCUT2D eigenvalue weighted by atomic mass is 10.1. The van der Waals surface area contributed by atoms with Crippen LogP contribution in [0.15, 0.2) is 40.9 Å². The maximum absolute atomic E-state index is 12.3. The Bertz CT molecular complexity index is 1050. The van der Waals surface area contributed by atoms with Gasteiger partial charge in [0.15, 0.2) is 6.61 Å². The van der Waals surface area contributed by atoms with Crippen molar-refractivity contribution in [2.24, 2.45) is 0 Å². The van der Waals surface area contributed by atoms with Crippen LogP contribution < -0.4 is 11.1 Å². The van der Waals surface area contributed by atoms with Gasteiger partial charge in [-0.1, -0.05) is 35.5 Å². The van der Waals surface area contributed by atoms with Gasteiger partial charge in [-0.15, -0.1) is 11.3 Å². The number of amides is 1. The summed E-state index contributed by atoms with van der Waals surface area (Å²) in [5, 5.41) is 6.46.